The van der Waals surface area contributed by atoms with Gasteiger partial charge in [-0.25, -0.2) is 0 Å². The van der Waals surface area contributed by atoms with E-state index in [-0.39, 0.29) is 11.0 Å². The number of furan rings is 1. The Morgan fingerprint density at radius 1 is 1.14 bits per heavy atom. The first-order chi connectivity index (χ1) is 13.4. The van der Waals surface area contributed by atoms with Crippen molar-refractivity contribution in [3.8, 4) is 11.3 Å². The lowest BCUT2D eigenvalue weighted by Crippen LogP contribution is -2.33. The van der Waals surface area contributed by atoms with E-state index < -0.39 is 0 Å². The van der Waals surface area contributed by atoms with Gasteiger partial charge in [0.05, 0.1) is 5.69 Å². The quantitative estimate of drug-likeness (QED) is 0.208. The van der Waals surface area contributed by atoms with Crippen molar-refractivity contribution in [1.82, 2.24) is 5.32 Å². The van der Waals surface area contributed by atoms with Crippen molar-refractivity contribution in [2.45, 2.75) is 0 Å². The van der Waals surface area contributed by atoms with Gasteiger partial charge >= 0.3 is 0 Å². The molecule has 1 amide bonds. The maximum Gasteiger partial charge on any atom is 0.250 e. The topological polar surface area (TPSA) is 54.3 Å². The van der Waals surface area contributed by atoms with Crippen LogP contribution in [0.5, 0.6) is 0 Å². The number of rotatable bonds is 4. The summed E-state index contributed by atoms with van der Waals surface area (Å²) in [6.45, 7) is 0. The molecule has 2 aromatic carbocycles. The second kappa shape index (κ2) is 9.69. The minimum atomic E-state index is -0.353. The Hall–Kier alpha value is -1.68. The molecule has 4 nitrogen and oxygen atoms in total. The number of hydrogen-bond acceptors (Lipinski definition) is 3. The molecule has 0 saturated carbocycles. The summed E-state index contributed by atoms with van der Waals surface area (Å²) in [5.41, 5.74) is 1.72. The van der Waals surface area contributed by atoms with E-state index in [0.29, 0.717) is 16.5 Å². The monoisotopic (exact) mass is 586 g/mol. The van der Waals surface area contributed by atoms with Gasteiger partial charge < -0.3 is 9.73 Å². The number of anilines is 1. The van der Waals surface area contributed by atoms with Gasteiger partial charge in [-0.05, 0) is 95.5 Å². The van der Waals surface area contributed by atoms with Gasteiger partial charge in [0, 0.05) is 24.7 Å². The number of benzene rings is 2. The van der Waals surface area contributed by atoms with Crippen molar-refractivity contribution in [2.24, 2.45) is 0 Å². The van der Waals surface area contributed by atoms with Gasteiger partial charge in [-0.15, -0.1) is 0 Å². The molecule has 3 rings (SSSR count). The summed E-state index contributed by atoms with van der Waals surface area (Å²) in [5, 5.41) is 6.49. The van der Waals surface area contributed by atoms with Crippen LogP contribution in [0.25, 0.3) is 17.4 Å². The highest BCUT2D eigenvalue weighted by Gasteiger charge is 2.06. The summed E-state index contributed by atoms with van der Waals surface area (Å²) in [4.78, 5) is 12.1. The molecular weight excluding hydrogens is 575 g/mol. The molecule has 1 aromatic heterocycles. The van der Waals surface area contributed by atoms with Crippen LogP contribution >= 0.6 is 62.3 Å². The first-order valence-electron chi connectivity index (χ1n) is 8.01. The lowest BCUT2D eigenvalue weighted by molar-refractivity contribution is -0.115. The first-order valence-corrected chi connectivity index (χ1v) is 10.7. The molecule has 2 N–H and O–H groups in total. The van der Waals surface area contributed by atoms with Crippen molar-refractivity contribution < 1.29 is 9.21 Å². The summed E-state index contributed by atoms with van der Waals surface area (Å²) in [7, 11) is 0. The minimum Gasteiger partial charge on any atom is -0.457 e. The van der Waals surface area contributed by atoms with Crippen molar-refractivity contribution >= 4 is 85.1 Å². The molecule has 1 heterocycles. The van der Waals surface area contributed by atoms with E-state index in [4.69, 9.17) is 28.2 Å². The normalized spacial score (nSPS) is 10.8. The van der Waals surface area contributed by atoms with Crippen molar-refractivity contribution in [3.63, 3.8) is 0 Å². The van der Waals surface area contributed by atoms with Gasteiger partial charge in [-0.1, -0.05) is 27.5 Å². The van der Waals surface area contributed by atoms with Crippen LogP contribution in [0.15, 0.2) is 69.6 Å². The fraction of sp³-hybridized carbons (Fsp3) is 0. The van der Waals surface area contributed by atoms with Gasteiger partial charge in [0.2, 0.25) is 5.91 Å². The lowest BCUT2D eigenvalue weighted by atomic mass is 10.2. The molecule has 8 heteroatoms. The summed E-state index contributed by atoms with van der Waals surface area (Å²) >= 11 is 16.7. The van der Waals surface area contributed by atoms with Crippen LogP contribution in [0.2, 0.25) is 5.02 Å². The summed E-state index contributed by atoms with van der Waals surface area (Å²) in [5.74, 6) is 0.897. The molecule has 0 fully saturated rings. The molecule has 0 aliphatic rings. The van der Waals surface area contributed by atoms with Crippen molar-refractivity contribution in [1.29, 1.82) is 0 Å². The van der Waals surface area contributed by atoms with Crippen LogP contribution in [0.4, 0.5) is 5.69 Å². The molecule has 3 aromatic rings. The van der Waals surface area contributed by atoms with E-state index in [1.807, 2.05) is 36.4 Å². The SMILES string of the molecule is O=C(C=Cc1ccc(-c2ccc(Cl)cc2)o1)NC(=S)Nc1ccc(Br)cc1I. The molecule has 142 valence electrons. The second-order valence-electron chi connectivity index (χ2n) is 5.61. The number of hydrogen-bond donors (Lipinski definition) is 2. The van der Waals surface area contributed by atoms with Crippen molar-refractivity contribution in [3.05, 3.63) is 79.5 Å². The van der Waals surface area contributed by atoms with E-state index in [0.717, 1.165) is 19.3 Å². The van der Waals surface area contributed by atoms with Gasteiger partial charge in [0.15, 0.2) is 5.11 Å². The number of thiocarbonyl (C=S) groups is 1. The first kappa shape index (κ1) is 21.0. The number of carbonyl (C=O) groups is 1. The number of amides is 1. The Morgan fingerprint density at radius 2 is 1.89 bits per heavy atom. The predicted molar refractivity (Wildman–Crippen MR) is 129 cm³/mol. The summed E-state index contributed by atoms with van der Waals surface area (Å²) < 4.78 is 7.67. The molecule has 0 aliphatic heterocycles. The molecule has 0 radical (unpaired) electrons. The van der Waals surface area contributed by atoms with Crippen LogP contribution in [0.1, 0.15) is 5.76 Å². The summed E-state index contributed by atoms with van der Waals surface area (Å²) in [6, 6.07) is 16.7. The highest BCUT2D eigenvalue weighted by Crippen LogP contribution is 2.24. The van der Waals surface area contributed by atoms with E-state index in [1.54, 1.807) is 24.3 Å². The number of halogens is 3. The average molecular weight is 588 g/mol. The summed E-state index contributed by atoms with van der Waals surface area (Å²) in [6.07, 6.45) is 2.95. The van der Waals surface area contributed by atoms with Gasteiger partial charge in [-0.3, -0.25) is 10.1 Å². The van der Waals surface area contributed by atoms with E-state index in [1.165, 1.54) is 6.08 Å². The standard InChI is InChI=1S/C20H13BrClIN2O2S/c21-13-3-8-17(16(23)11-13)24-20(28)25-19(26)10-7-15-6-9-18(27-15)12-1-4-14(22)5-2-12/h1-11H,(H2,24,25,26,28). The highest BCUT2D eigenvalue weighted by atomic mass is 127. The van der Waals surface area contributed by atoms with Gasteiger partial charge in [0.1, 0.15) is 11.5 Å². The maximum atomic E-state index is 12.1. The zero-order valence-electron chi connectivity index (χ0n) is 14.2. The third-order valence-electron chi connectivity index (χ3n) is 3.57. The minimum absolute atomic E-state index is 0.219. The highest BCUT2D eigenvalue weighted by molar-refractivity contribution is 14.1. The fourth-order valence-corrected chi connectivity index (χ4v) is 4.04. The third kappa shape index (κ3) is 5.91. The molecule has 0 saturated heterocycles. The van der Waals surface area contributed by atoms with Crippen LogP contribution < -0.4 is 10.6 Å². The predicted octanol–water partition coefficient (Wildman–Crippen LogP) is 6.49. The van der Waals surface area contributed by atoms with Crippen LogP contribution in [-0.4, -0.2) is 11.0 Å². The smallest absolute Gasteiger partial charge is 0.250 e. The molecule has 28 heavy (non-hydrogen) atoms. The zero-order chi connectivity index (χ0) is 20.1. The van der Waals surface area contributed by atoms with Gasteiger partial charge in [-0.2, -0.15) is 0 Å². The molecule has 0 unspecified atom stereocenters. The maximum absolute atomic E-state index is 12.1. The molecule has 0 atom stereocenters. The Kier molecular flexibility index (Phi) is 7.28. The third-order valence-corrected chi connectivity index (χ3v) is 5.41. The Labute approximate surface area is 194 Å². The van der Waals surface area contributed by atoms with E-state index >= 15 is 0 Å². The second-order valence-corrected chi connectivity index (χ2v) is 8.53. The number of carbonyl (C=O) groups excluding carboxylic acids is 1. The molecule has 0 aliphatic carbocycles. The van der Waals surface area contributed by atoms with Crippen LogP contribution in [0.3, 0.4) is 0 Å². The van der Waals surface area contributed by atoms with Gasteiger partial charge in [0.25, 0.3) is 0 Å². The number of nitrogens with one attached hydrogen (secondary N) is 2. The average Bonchev–Trinajstić information content (AvgIpc) is 3.12. The molecule has 0 bridgehead atoms. The zero-order valence-corrected chi connectivity index (χ0v) is 19.5. The largest absolute Gasteiger partial charge is 0.457 e. The fourth-order valence-electron chi connectivity index (χ4n) is 2.27. The Bertz CT molecular complexity index is 1050. The lowest BCUT2D eigenvalue weighted by Gasteiger charge is -2.10. The van der Waals surface area contributed by atoms with E-state index in [2.05, 4.69) is 49.2 Å². The van der Waals surface area contributed by atoms with E-state index in [9.17, 15) is 4.79 Å². The van der Waals surface area contributed by atoms with Crippen LogP contribution in [0, 0.1) is 3.57 Å². The Balaban J connectivity index is 1.57. The Morgan fingerprint density at radius 3 is 2.61 bits per heavy atom. The van der Waals surface area contributed by atoms with Crippen molar-refractivity contribution in [2.75, 3.05) is 5.32 Å². The molecule has 0 spiro atoms. The van der Waals surface area contributed by atoms with Crippen LogP contribution in [-0.2, 0) is 4.79 Å². The molecular formula is C20H13BrClIN2O2S.